The number of furan rings is 1. The molecule has 2 aromatic heterocycles. The molecule has 3 aliphatic rings. The molecule has 374 valence electrons. The molecule has 0 spiro atoms. The van der Waals surface area contributed by atoms with Gasteiger partial charge in [0.05, 0.1) is 39.5 Å². The zero-order chi connectivity index (χ0) is 52.5. The van der Waals surface area contributed by atoms with Crippen LogP contribution in [-0.4, -0.2) is 11.3 Å². The highest BCUT2D eigenvalue weighted by Crippen LogP contribution is 2.56. The highest BCUT2D eigenvalue weighted by Gasteiger charge is 2.48. The highest BCUT2D eigenvalue weighted by atomic mass is 16.3. The second kappa shape index (κ2) is 15.8. The molecule has 0 atom stereocenters. The van der Waals surface area contributed by atoms with Gasteiger partial charge in [-0.1, -0.05) is 174 Å². The van der Waals surface area contributed by atoms with Crippen molar-refractivity contribution in [3.63, 3.8) is 0 Å². The Morgan fingerprint density at radius 3 is 1.61 bits per heavy atom. The van der Waals surface area contributed by atoms with Gasteiger partial charge in [0.15, 0.2) is 5.58 Å². The van der Waals surface area contributed by atoms with Crippen LogP contribution in [-0.2, 0) is 21.7 Å². The lowest BCUT2D eigenvalue weighted by molar-refractivity contribution is 0.590. The summed E-state index contributed by atoms with van der Waals surface area (Å²) in [5.74, 6) is 0. The van der Waals surface area contributed by atoms with E-state index in [9.17, 15) is 0 Å². The maximum Gasteiger partial charge on any atom is 0.252 e. The zero-order valence-electron chi connectivity index (χ0n) is 46.0. The van der Waals surface area contributed by atoms with Crippen molar-refractivity contribution < 1.29 is 4.42 Å². The van der Waals surface area contributed by atoms with Gasteiger partial charge in [-0.15, -0.1) is 0 Å². The average Bonchev–Trinajstić information content (AvgIpc) is 3.71. The van der Waals surface area contributed by atoms with Crippen LogP contribution in [0.3, 0.4) is 0 Å². The number of benzene rings is 9. The summed E-state index contributed by atoms with van der Waals surface area (Å²) < 4.78 is 9.69. The first-order valence-electron chi connectivity index (χ1n) is 27.3. The number of anilines is 9. The Hall–Kier alpha value is -7.96. The molecule has 0 amide bonds. The van der Waals surface area contributed by atoms with Crippen LogP contribution < -0.4 is 31.1 Å². The van der Waals surface area contributed by atoms with E-state index in [1.165, 1.54) is 83.2 Å². The predicted molar refractivity (Wildman–Crippen MR) is 325 cm³/mol. The first-order valence-corrected chi connectivity index (χ1v) is 27.3. The number of hydrogen-bond donors (Lipinski definition) is 0. The lowest BCUT2D eigenvalue weighted by Crippen LogP contribution is -2.62. The molecule has 76 heavy (non-hydrogen) atoms. The van der Waals surface area contributed by atoms with Crippen molar-refractivity contribution in [2.45, 2.75) is 105 Å². The van der Waals surface area contributed by atoms with Crippen LogP contribution in [0.4, 0.5) is 51.2 Å². The Labute approximate surface area is 448 Å². The summed E-state index contributed by atoms with van der Waals surface area (Å²) in [5.41, 5.74) is 24.4. The summed E-state index contributed by atoms with van der Waals surface area (Å²) in [4.78, 5) is 7.69. The monoisotopic (exact) mass is 989 g/mol. The minimum absolute atomic E-state index is 0.0256. The molecule has 0 radical (unpaired) electrons. The van der Waals surface area contributed by atoms with E-state index in [2.05, 4.69) is 278 Å². The third-order valence-electron chi connectivity index (χ3n) is 16.8. The van der Waals surface area contributed by atoms with Crippen LogP contribution in [0.1, 0.15) is 105 Å². The maximum absolute atomic E-state index is 7.05. The molecular formula is C70H65BN4O. The van der Waals surface area contributed by atoms with Crippen molar-refractivity contribution in [2.75, 3.05) is 14.7 Å². The van der Waals surface area contributed by atoms with E-state index >= 15 is 0 Å². The Balaban J connectivity index is 1.20. The topological polar surface area (TPSA) is 27.8 Å². The summed E-state index contributed by atoms with van der Waals surface area (Å²) in [6.45, 7) is 28.2. The van der Waals surface area contributed by atoms with Crippen molar-refractivity contribution in [1.29, 1.82) is 0 Å². The zero-order valence-corrected chi connectivity index (χ0v) is 46.0. The molecule has 11 aromatic rings. The molecule has 0 N–H and O–H groups in total. The molecule has 3 aliphatic heterocycles. The third-order valence-corrected chi connectivity index (χ3v) is 16.8. The summed E-state index contributed by atoms with van der Waals surface area (Å²) in [7, 11) is 0. The van der Waals surface area contributed by atoms with Gasteiger partial charge in [-0.05, 0) is 145 Å². The Morgan fingerprint density at radius 1 is 0.382 bits per heavy atom. The van der Waals surface area contributed by atoms with E-state index in [0.717, 1.165) is 56.1 Å². The molecule has 14 rings (SSSR count). The van der Waals surface area contributed by atoms with E-state index in [0.29, 0.717) is 0 Å². The first-order chi connectivity index (χ1) is 36.2. The summed E-state index contributed by atoms with van der Waals surface area (Å²) >= 11 is 0. The summed E-state index contributed by atoms with van der Waals surface area (Å²) in [6.07, 6.45) is 0. The Kier molecular flexibility index (Phi) is 9.68. The standard InChI is InChI=1S/C70H65BN4O/c1-67(2,3)42-30-32-55-51(34-42)52-35-44(69(7,8)9)38-60-64(52)74(55)61-39-45(70(10,11)12)37-54-65(61)75(60)59-41-48(72(46-22-15-13-16-23-46)47-24-17-14-18-25-47)40-58-63(59)71(54)53-36-43(68(4,5)6)31-33-56(53)73(58)57-28-21-27-50-49-26-19-20-29-62(49)76-66(50)57/h13-41H,1-12H3. The van der Waals surface area contributed by atoms with Gasteiger partial charge in [0.2, 0.25) is 0 Å². The molecule has 0 saturated heterocycles. The molecule has 5 heterocycles. The van der Waals surface area contributed by atoms with Crippen molar-refractivity contribution >= 4 is 118 Å². The number of fused-ring (bicyclic) bond motifs is 12. The quantitative estimate of drug-likeness (QED) is 0.164. The van der Waals surface area contributed by atoms with Gasteiger partial charge in [0.1, 0.15) is 5.58 Å². The molecular weight excluding hydrogens is 924 g/mol. The summed E-state index contributed by atoms with van der Waals surface area (Å²) in [6, 6.07) is 66.7. The second-order valence-corrected chi connectivity index (χ2v) is 25.9. The normalized spacial score (nSPS) is 14.0. The van der Waals surface area contributed by atoms with Crippen LogP contribution in [0.15, 0.2) is 180 Å². The predicted octanol–water partition coefficient (Wildman–Crippen LogP) is 17.7. The van der Waals surface area contributed by atoms with E-state index in [1.807, 2.05) is 0 Å². The molecule has 9 aromatic carbocycles. The number of hydrogen-bond acceptors (Lipinski definition) is 4. The van der Waals surface area contributed by atoms with Crippen molar-refractivity contribution in [3.8, 4) is 5.69 Å². The van der Waals surface area contributed by atoms with Crippen LogP contribution in [0.2, 0.25) is 0 Å². The van der Waals surface area contributed by atoms with Gasteiger partial charge in [-0.3, -0.25) is 0 Å². The molecule has 0 unspecified atom stereocenters. The Morgan fingerprint density at radius 2 is 0.934 bits per heavy atom. The van der Waals surface area contributed by atoms with Gasteiger partial charge in [0.25, 0.3) is 6.71 Å². The molecule has 6 heteroatoms. The van der Waals surface area contributed by atoms with Crippen molar-refractivity contribution in [3.05, 3.63) is 198 Å². The van der Waals surface area contributed by atoms with Crippen LogP contribution in [0.25, 0.3) is 49.4 Å². The Bertz CT molecular complexity index is 4190. The fourth-order valence-corrected chi connectivity index (χ4v) is 12.8. The largest absolute Gasteiger partial charge is 0.454 e. The average molecular weight is 989 g/mol. The van der Waals surface area contributed by atoms with Gasteiger partial charge in [-0.25, -0.2) is 0 Å². The van der Waals surface area contributed by atoms with Crippen LogP contribution >= 0.6 is 0 Å². The van der Waals surface area contributed by atoms with Gasteiger partial charge < -0.3 is 23.7 Å². The summed E-state index contributed by atoms with van der Waals surface area (Å²) in [5, 5.41) is 4.81. The van der Waals surface area contributed by atoms with E-state index in [4.69, 9.17) is 4.42 Å². The fraction of sp³-hybridized carbons (Fsp3) is 0.229. The van der Waals surface area contributed by atoms with Crippen LogP contribution in [0.5, 0.6) is 0 Å². The molecule has 5 nitrogen and oxygen atoms in total. The molecule has 0 aliphatic carbocycles. The second-order valence-electron chi connectivity index (χ2n) is 25.9. The minimum atomic E-state index is -0.152. The van der Waals surface area contributed by atoms with Crippen molar-refractivity contribution in [1.82, 2.24) is 4.57 Å². The fourth-order valence-electron chi connectivity index (χ4n) is 12.8. The SMILES string of the molecule is CC(C)(C)c1ccc2c(c1)B1c3cc(C(C)(C)C)cc4c3N(c3cc(N(c5ccccc5)c5ccccc5)cc(c31)N2c1cccc2c1oc1ccccc12)c1cc(C(C)(C)C)cc2c3cc(C(C)(C)C)ccc3n-4c12. The lowest BCUT2D eigenvalue weighted by atomic mass is 9.33. The number of aromatic nitrogens is 1. The van der Waals surface area contributed by atoms with E-state index in [-0.39, 0.29) is 28.4 Å². The third kappa shape index (κ3) is 6.78. The maximum atomic E-state index is 7.05. The molecule has 0 bridgehead atoms. The van der Waals surface area contributed by atoms with Gasteiger partial charge in [-0.2, -0.15) is 0 Å². The highest BCUT2D eigenvalue weighted by molar-refractivity contribution is 7.00. The van der Waals surface area contributed by atoms with Gasteiger partial charge in [0, 0.05) is 50.0 Å². The molecule has 0 fully saturated rings. The van der Waals surface area contributed by atoms with Crippen LogP contribution in [0, 0.1) is 0 Å². The smallest absolute Gasteiger partial charge is 0.252 e. The minimum Gasteiger partial charge on any atom is -0.454 e. The number of nitrogens with zero attached hydrogens (tertiary/aromatic N) is 4. The number of rotatable bonds is 4. The molecule has 0 saturated carbocycles. The van der Waals surface area contributed by atoms with Gasteiger partial charge >= 0.3 is 0 Å². The lowest BCUT2D eigenvalue weighted by Gasteiger charge is -2.47. The van der Waals surface area contributed by atoms with Crippen molar-refractivity contribution in [2.24, 2.45) is 0 Å². The first kappa shape index (κ1) is 46.6. The van der Waals surface area contributed by atoms with E-state index < -0.39 is 0 Å². The number of para-hydroxylation sites is 4. The van der Waals surface area contributed by atoms with E-state index in [1.54, 1.807) is 0 Å².